The zero-order valence-corrected chi connectivity index (χ0v) is 14.7. The third-order valence-corrected chi connectivity index (χ3v) is 5.89. The van der Waals surface area contributed by atoms with Crippen LogP contribution in [0.2, 0.25) is 5.02 Å². The van der Waals surface area contributed by atoms with Crippen LogP contribution in [0.25, 0.3) is 0 Å². The first kappa shape index (κ1) is 17.0. The molecule has 1 amide bonds. The first-order valence-corrected chi connectivity index (χ1v) is 9.08. The van der Waals surface area contributed by atoms with Crippen molar-refractivity contribution >= 4 is 49.0 Å². The van der Waals surface area contributed by atoms with Crippen molar-refractivity contribution in [1.29, 1.82) is 0 Å². The molecule has 1 N–H and O–H groups in total. The molecule has 0 spiro atoms. The summed E-state index contributed by atoms with van der Waals surface area (Å²) in [7, 11) is -3.77. The van der Waals surface area contributed by atoms with Crippen LogP contribution >= 0.6 is 27.5 Å². The number of hydrogen-bond donors (Lipinski definition) is 1. The number of halogens is 2. The number of benzene rings is 2. The molecule has 0 aliphatic heterocycles. The quantitative estimate of drug-likeness (QED) is 0.843. The Labute approximate surface area is 142 Å². The third-order valence-electron chi connectivity index (χ3n) is 3.07. The smallest absolute Gasteiger partial charge is 0.242 e. The minimum Gasteiger partial charge on any atom is -0.325 e. The van der Waals surface area contributed by atoms with Crippen LogP contribution in [0.5, 0.6) is 0 Å². The SMILES string of the molecule is C[C@@H](C(=O)Nc1cccc(Br)c1)S(=O)(=O)c1ccc(Cl)cc1. The zero-order valence-electron chi connectivity index (χ0n) is 11.6. The Morgan fingerprint density at radius 1 is 1.18 bits per heavy atom. The van der Waals surface area contributed by atoms with Crippen LogP contribution < -0.4 is 5.32 Å². The lowest BCUT2D eigenvalue weighted by Crippen LogP contribution is -2.32. The van der Waals surface area contributed by atoms with E-state index in [0.717, 1.165) is 4.47 Å². The average Bonchev–Trinajstić information content (AvgIpc) is 2.46. The molecule has 2 rings (SSSR count). The highest BCUT2D eigenvalue weighted by Crippen LogP contribution is 2.21. The van der Waals surface area contributed by atoms with Crippen molar-refractivity contribution in [3.05, 3.63) is 58.0 Å². The number of carbonyl (C=O) groups is 1. The molecule has 2 aromatic rings. The summed E-state index contributed by atoms with van der Waals surface area (Å²) in [6.07, 6.45) is 0. The predicted octanol–water partition coefficient (Wildman–Crippen LogP) is 3.90. The first-order chi connectivity index (χ1) is 10.3. The van der Waals surface area contributed by atoms with Gasteiger partial charge in [-0.05, 0) is 49.4 Å². The van der Waals surface area contributed by atoms with Crippen LogP contribution in [0.4, 0.5) is 5.69 Å². The molecule has 0 bridgehead atoms. The minimum atomic E-state index is -3.77. The monoisotopic (exact) mass is 401 g/mol. The Morgan fingerprint density at radius 2 is 1.82 bits per heavy atom. The number of anilines is 1. The second-order valence-electron chi connectivity index (χ2n) is 4.64. The van der Waals surface area contributed by atoms with Crippen molar-refractivity contribution in [3.8, 4) is 0 Å². The van der Waals surface area contributed by atoms with Gasteiger partial charge in [-0.3, -0.25) is 4.79 Å². The summed E-state index contributed by atoms with van der Waals surface area (Å²) < 4.78 is 25.6. The molecule has 0 fully saturated rings. The van der Waals surface area contributed by atoms with Gasteiger partial charge in [0.1, 0.15) is 5.25 Å². The molecule has 0 aliphatic carbocycles. The van der Waals surface area contributed by atoms with E-state index in [9.17, 15) is 13.2 Å². The molecule has 0 unspecified atom stereocenters. The molecule has 1 atom stereocenters. The molecule has 0 saturated heterocycles. The van der Waals surface area contributed by atoms with Crippen LogP contribution in [0.1, 0.15) is 6.92 Å². The summed E-state index contributed by atoms with van der Waals surface area (Å²) in [6.45, 7) is 1.36. The lowest BCUT2D eigenvalue weighted by molar-refractivity contribution is -0.115. The molecule has 4 nitrogen and oxygen atoms in total. The molecular weight excluding hydrogens is 390 g/mol. The number of nitrogens with one attached hydrogen (secondary N) is 1. The summed E-state index contributed by atoms with van der Waals surface area (Å²) in [5.74, 6) is -0.590. The van der Waals surface area contributed by atoms with Crippen molar-refractivity contribution in [2.75, 3.05) is 5.32 Å². The maximum Gasteiger partial charge on any atom is 0.242 e. The zero-order chi connectivity index (χ0) is 16.3. The maximum absolute atomic E-state index is 12.4. The van der Waals surface area contributed by atoms with Gasteiger partial charge in [-0.25, -0.2) is 8.42 Å². The Kier molecular flexibility index (Phi) is 5.26. The summed E-state index contributed by atoms with van der Waals surface area (Å²) in [4.78, 5) is 12.2. The van der Waals surface area contributed by atoms with Crippen molar-refractivity contribution < 1.29 is 13.2 Å². The van der Waals surface area contributed by atoms with Crippen LogP contribution in [0.15, 0.2) is 57.9 Å². The number of hydrogen-bond acceptors (Lipinski definition) is 3. The van der Waals surface area contributed by atoms with Gasteiger partial charge < -0.3 is 5.32 Å². The van der Waals surface area contributed by atoms with Crippen LogP contribution in [0, 0.1) is 0 Å². The second kappa shape index (κ2) is 6.81. The van der Waals surface area contributed by atoms with Gasteiger partial charge >= 0.3 is 0 Å². The van der Waals surface area contributed by atoms with E-state index < -0.39 is 21.0 Å². The number of sulfone groups is 1. The number of carbonyl (C=O) groups excluding carboxylic acids is 1. The Balaban J connectivity index is 2.20. The fourth-order valence-corrected chi connectivity index (χ4v) is 3.57. The summed E-state index contributed by atoms with van der Waals surface area (Å²) in [6, 6.07) is 12.7. The largest absolute Gasteiger partial charge is 0.325 e. The summed E-state index contributed by atoms with van der Waals surface area (Å²) >= 11 is 9.04. The van der Waals surface area contributed by atoms with E-state index in [1.54, 1.807) is 18.2 Å². The highest BCUT2D eigenvalue weighted by molar-refractivity contribution is 9.10. The molecule has 0 heterocycles. The van der Waals surface area contributed by atoms with Gasteiger partial charge in [0.25, 0.3) is 0 Å². The van der Waals surface area contributed by atoms with Gasteiger partial charge in [0.05, 0.1) is 4.90 Å². The van der Waals surface area contributed by atoms with E-state index in [4.69, 9.17) is 11.6 Å². The second-order valence-corrected chi connectivity index (χ2v) is 8.26. The first-order valence-electron chi connectivity index (χ1n) is 6.36. The van der Waals surface area contributed by atoms with Gasteiger partial charge in [-0.15, -0.1) is 0 Å². The number of rotatable bonds is 4. The van der Waals surface area contributed by atoms with E-state index in [2.05, 4.69) is 21.2 Å². The highest BCUT2D eigenvalue weighted by atomic mass is 79.9. The highest BCUT2D eigenvalue weighted by Gasteiger charge is 2.29. The fraction of sp³-hybridized carbons (Fsp3) is 0.133. The molecule has 0 radical (unpaired) electrons. The predicted molar refractivity (Wildman–Crippen MR) is 90.9 cm³/mol. The molecule has 0 saturated carbocycles. The lowest BCUT2D eigenvalue weighted by Gasteiger charge is -2.13. The van der Waals surface area contributed by atoms with E-state index in [1.807, 2.05) is 6.07 Å². The van der Waals surface area contributed by atoms with Gasteiger partial charge in [0.15, 0.2) is 9.84 Å². The van der Waals surface area contributed by atoms with Crippen LogP contribution in [-0.4, -0.2) is 19.6 Å². The fourth-order valence-electron chi connectivity index (χ4n) is 1.78. The van der Waals surface area contributed by atoms with Crippen molar-refractivity contribution in [2.24, 2.45) is 0 Å². The standard InChI is InChI=1S/C15H13BrClNO3S/c1-10(15(19)18-13-4-2-3-11(16)9-13)22(20,21)14-7-5-12(17)6-8-14/h2-10H,1H3,(H,18,19)/t10-/m0/s1. The molecule has 2 aromatic carbocycles. The van der Waals surface area contributed by atoms with Crippen LogP contribution in [-0.2, 0) is 14.6 Å². The molecule has 0 aromatic heterocycles. The van der Waals surface area contributed by atoms with Crippen LogP contribution in [0.3, 0.4) is 0 Å². The average molecular weight is 403 g/mol. The third kappa shape index (κ3) is 3.88. The van der Waals surface area contributed by atoms with E-state index >= 15 is 0 Å². The lowest BCUT2D eigenvalue weighted by atomic mass is 10.3. The number of amides is 1. The van der Waals surface area contributed by atoms with Gasteiger partial charge in [-0.2, -0.15) is 0 Å². The Bertz CT molecular complexity index is 791. The summed E-state index contributed by atoms with van der Waals surface area (Å²) in [5.41, 5.74) is 0.525. The Morgan fingerprint density at radius 3 is 2.41 bits per heavy atom. The maximum atomic E-state index is 12.4. The van der Waals surface area contributed by atoms with E-state index in [1.165, 1.54) is 31.2 Å². The van der Waals surface area contributed by atoms with Gasteiger partial charge in [0, 0.05) is 15.2 Å². The van der Waals surface area contributed by atoms with Crippen molar-refractivity contribution in [1.82, 2.24) is 0 Å². The molecule has 7 heteroatoms. The summed E-state index contributed by atoms with van der Waals surface area (Å²) in [5, 5.41) is 1.82. The van der Waals surface area contributed by atoms with Gasteiger partial charge in [-0.1, -0.05) is 33.6 Å². The minimum absolute atomic E-state index is 0.0637. The van der Waals surface area contributed by atoms with Crippen molar-refractivity contribution in [3.63, 3.8) is 0 Å². The van der Waals surface area contributed by atoms with E-state index in [-0.39, 0.29) is 4.90 Å². The molecule has 0 aliphatic rings. The van der Waals surface area contributed by atoms with Gasteiger partial charge in [0.2, 0.25) is 5.91 Å². The molecule has 116 valence electrons. The molecule has 22 heavy (non-hydrogen) atoms. The Hall–Kier alpha value is -1.37. The normalized spacial score (nSPS) is 12.7. The topological polar surface area (TPSA) is 63.2 Å². The molecular formula is C15H13BrClNO3S. The van der Waals surface area contributed by atoms with Crippen molar-refractivity contribution in [2.45, 2.75) is 17.1 Å². The van der Waals surface area contributed by atoms with E-state index in [0.29, 0.717) is 10.7 Å².